The van der Waals surface area contributed by atoms with Crippen molar-refractivity contribution in [3.8, 4) is 17.0 Å². The summed E-state index contributed by atoms with van der Waals surface area (Å²) < 4.78 is 20.8. The number of rotatable bonds is 5. The van der Waals surface area contributed by atoms with Crippen LogP contribution < -0.4 is 14.9 Å². The number of halogens is 1. The van der Waals surface area contributed by atoms with Crippen LogP contribution in [-0.4, -0.2) is 31.0 Å². The first-order valence-electron chi connectivity index (χ1n) is 8.41. The fraction of sp³-hybridized carbons (Fsp3) is 0.150. The minimum Gasteiger partial charge on any atom is -0.496 e. The van der Waals surface area contributed by atoms with Crippen LogP contribution in [0.15, 0.2) is 57.9 Å². The first kappa shape index (κ1) is 19.5. The topological polar surface area (TPSA) is 68.0 Å². The molecule has 0 atom stereocenters. The third-order valence-corrected chi connectivity index (χ3v) is 4.77. The molecule has 2 aromatic carbocycles. The van der Waals surface area contributed by atoms with Crippen LogP contribution in [-0.2, 0) is 4.79 Å². The van der Waals surface area contributed by atoms with Crippen LogP contribution in [0.2, 0.25) is 0 Å². The third kappa shape index (κ3) is 4.34. The molecular weight excluding hydrogens is 379 g/mol. The van der Waals surface area contributed by atoms with Crippen LogP contribution in [0.5, 0.6) is 5.75 Å². The first-order chi connectivity index (χ1) is 13.5. The number of anilines is 1. The number of carbonyl (C=O) groups is 1. The quantitative estimate of drug-likeness (QED) is 0.666. The first-order valence-corrected chi connectivity index (χ1v) is 9.29. The molecule has 0 fully saturated rings. The summed E-state index contributed by atoms with van der Waals surface area (Å²) in [5, 5.41) is 9.10. The van der Waals surface area contributed by atoms with E-state index in [0.717, 1.165) is 5.56 Å². The highest BCUT2D eigenvalue weighted by atomic mass is 32.1. The lowest BCUT2D eigenvalue weighted by molar-refractivity contribution is -0.114. The molecule has 0 saturated heterocycles. The molecule has 28 heavy (non-hydrogen) atoms. The Morgan fingerprint density at radius 1 is 1.25 bits per heavy atom. The van der Waals surface area contributed by atoms with Gasteiger partial charge in [-0.15, -0.1) is 11.3 Å². The van der Waals surface area contributed by atoms with Gasteiger partial charge in [-0.25, -0.2) is 9.07 Å². The zero-order valence-electron chi connectivity index (χ0n) is 15.6. The Morgan fingerprint density at radius 3 is 2.64 bits per heavy atom. The Hall–Kier alpha value is -3.26. The maximum Gasteiger partial charge on any atom is 0.221 e. The second-order valence-corrected chi connectivity index (χ2v) is 6.67. The Balaban J connectivity index is 1.99. The Kier molecular flexibility index (Phi) is 6.00. The van der Waals surface area contributed by atoms with Gasteiger partial charge in [0.25, 0.3) is 0 Å². The molecule has 0 bridgehead atoms. The van der Waals surface area contributed by atoms with Crippen molar-refractivity contribution >= 4 is 29.1 Å². The SMILES string of the molecule is CN=c1scc(-c2cc(F)ccc2OC)n1N=Cc1ccc(NC(C)=O)cc1. The van der Waals surface area contributed by atoms with Gasteiger partial charge < -0.3 is 10.1 Å². The lowest BCUT2D eigenvalue weighted by Gasteiger charge is -2.09. The fourth-order valence-corrected chi connectivity index (χ4v) is 3.40. The molecule has 3 aromatic rings. The third-order valence-electron chi connectivity index (χ3n) is 3.87. The molecule has 1 N–H and O–H groups in total. The van der Waals surface area contributed by atoms with Crippen molar-refractivity contribution in [3.05, 3.63) is 64.0 Å². The molecule has 1 heterocycles. The molecule has 0 aliphatic carbocycles. The number of thiazole rings is 1. The molecular formula is C20H19FN4O2S. The normalized spacial score (nSPS) is 11.8. The Morgan fingerprint density at radius 2 is 2.00 bits per heavy atom. The number of aromatic nitrogens is 1. The molecule has 144 valence electrons. The molecule has 8 heteroatoms. The standard InChI is InChI=1S/C20H19FN4O2S/c1-13(26)24-16-7-4-14(5-8-16)11-23-25-18(12-28-20(25)22-2)17-10-15(21)6-9-19(17)27-3/h4-12H,1-3H3,(H,24,26). The van der Waals surface area contributed by atoms with Crippen molar-refractivity contribution in [1.82, 2.24) is 4.68 Å². The van der Waals surface area contributed by atoms with Gasteiger partial charge in [-0.3, -0.25) is 9.79 Å². The highest BCUT2D eigenvalue weighted by Crippen LogP contribution is 2.31. The van der Waals surface area contributed by atoms with Crippen LogP contribution in [0, 0.1) is 5.82 Å². The number of methoxy groups -OCH3 is 1. The summed E-state index contributed by atoms with van der Waals surface area (Å²) in [6, 6.07) is 11.6. The highest BCUT2D eigenvalue weighted by Gasteiger charge is 2.13. The van der Waals surface area contributed by atoms with Crippen LogP contribution in [0.3, 0.4) is 0 Å². The smallest absolute Gasteiger partial charge is 0.221 e. The van der Waals surface area contributed by atoms with Gasteiger partial charge in [0.1, 0.15) is 11.6 Å². The second-order valence-electron chi connectivity index (χ2n) is 5.83. The molecule has 0 aliphatic rings. The molecule has 0 aliphatic heterocycles. The van der Waals surface area contributed by atoms with Gasteiger partial charge in [-0.2, -0.15) is 5.10 Å². The van der Waals surface area contributed by atoms with Crippen LogP contribution in [0.1, 0.15) is 12.5 Å². The summed E-state index contributed by atoms with van der Waals surface area (Å²) in [6.45, 7) is 1.46. The summed E-state index contributed by atoms with van der Waals surface area (Å²) in [4.78, 5) is 16.0. The van der Waals surface area contributed by atoms with Crippen LogP contribution >= 0.6 is 11.3 Å². The highest BCUT2D eigenvalue weighted by molar-refractivity contribution is 7.07. The molecule has 0 radical (unpaired) electrons. The summed E-state index contributed by atoms with van der Waals surface area (Å²) in [5.74, 6) is 0.0599. The van der Waals surface area contributed by atoms with Gasteiger partial charge >= 0.3 is 0 Å². The second kappa shape index (κ2) is 8.62. The predicted octanol–water partition coefficient (Wildman–Crippen LogP) is 3.74. The average Bonchev–Trinajstić information content (AvgIpc) is 3.09. The van der Waals surface area contributed by atoms with E-state index in [1.807, 2.05) is 17.5 Å². The zero-order chi connectivity index (χ0) is 20.1. The summed E-state index contributed by atoms with van der Waals surface area (Å²) >= 11 is 1.40. The summed E-state index contributed by atoms with van der Waals surface area (Å²) in [6.07, 6.45) is 1.67. The van der Waals surface area contributed by atoms with Gasteiger partial charge in [0, 0.05) is 30.6 Å². The van der Waals surface area contributed by atoms with E-state index < -0.39 is 0 Å². The number of benzene rings is 2. The minimum atomic E-state index is -0.360. The number of carbonyl (C=O) groups excluding carboxylic acids is 1. The van der Waals surface area contributed by atoms with Crippen LogP contribution in [0.4, 0.5) is 10.1 Å². The van der Waals surface area contributed by atoms with Crippen molar-refractivity contribution in [2.24, 2.45) is 10.1 Å². The van der Waals surface area contributed by atoms with Crippen molar-refractivity contribution < 1.29 is 13.9 Å². The van der Waals surface area contributed by atoms with E-state index in [2.05, 4.69) is 15.4 Å². The summed E-state index contributed by atoms with van der Waals surface area (Å²) in [5.41, 5.74) is 2.81. The number of ether oxygens (including phenoxy) is 1. The van der Waals surface area contributed by atoms with Crippen LogP contribution in [0.25, 0.3) is 11.3 Å². The zero-order valence-corrected chi connectivity index (χ0v) is 16.5. The van der Waals surface area contributed by atoms with Gasteiger partial charge in [-0.05, 0) is 35.9 Å². The van der Waals surface area contributed by atoms with E-state index in [0.29, 0.717) is 27.5 Å². The van der Waals surface area contributed by atoms with Gasteiger partial charge in [0.2, 0.25) is 10.7 Å². The number of hydrogen-bond acceptors (Lipinski definition) is 5. The van der Waals surface area contributed by atoms with Crippen molar-refractivity contribution in [2.45, 2.75) is 6.92 Å². The number of nitrogens with one attached hydrogen (secondary N) is 1. The predicted molar refractivity (Wildman–Crippen MR) is 109 cm³/mol. The van der Waals surface area contributed by atoms with Crippen molar-refractivity contribution in [1.29, 1.82) is 0 Å². The van der Waals surface area contributed by atoms with E-state index in [-0.39, 0.29) is 11.7 Å². The van der Waals surface area contributed by atoms with E-state index in [1.165, 1.54) is 30.4 Å². The van der Waals surface area contributed by atoms with Crippen molar-refractivity contribution in [3.63, 3.8) is 0 Å². The fourth-order valence-electron chi connectivity index (χ4n) is 2.61. The lowest BCUT2D eigenvalue weighted by Crippen LogP contribution is -2.12. The molecule has 0 saturated carbocycles. The number of hydrogen-bond donors (Lipinski definition) is 1. The maximum atomic E-state index is 13.8. The van der Waals surface area contributed by atoms with Gasteiger partial charge in [0.05, 0.1) is 19.0 Å². The Labute approximate surface area is 165 Å². The average molecular weight is 398 g/mol. The number of amides is 1. The van der Waals surface area contributed by atoms with Gasteiger partial charge in [-0.1, -0.05) is 12.1 Å². The monoisotopic (exact) mass is 398 g/mol. The number of nitrogens with zero attached hydrogens (tertiary/aromatic N) is 3. The molecule has 0 unspecified atom stereocenters. The van der Waals surface area contributed by atoms with E-state index in [1.54, 1.807) is 43.2 Å². The van der Waals surface area contributed by atoms with E-state index in [9.17, 15) is 9.18 Å². The molecule has 1 amide bonds. The minimum absolute atomic E-state index is 0.127. The molecule has 1 aromatic heterocycles. The Bertz CT molecular complexity index is 1080. The molecule has 3 rings (SSSR count). The van der Waals surface area contributed by atoms with E-state index >= 15 is 0 Å². The van der Waals surface area contributed by atoms with Gasteiger partial charge in [0.15, 0.2) is 0 Å². The lowest BCUT2D eigenvalue weighted by atomic mass is 10.1. The van der Waals surface area contributed by atoms with Crippen molar-refractivity contribution in [2.75, 3.05) is 19.5 Å². The molecule has 6 nitrogen and oxygen atoms in total. The maximum absolute atomic E-state index is 13.8. The van der Waals surface area contributed by atoms with E-state index in [4.69, 9.17) is 4.74 Å². The largest absolute Gasteiger partial charge is 0.496 e. The molecule has 0 spiro atoms. The summed E-state index contributed by atoms with van der Waals surface area (Å²) in [7, 11) is 3.21.